The van der Waals surface area contributed by atoms with E-state index in [1.807, 2.05) is 19.1 Å². The molecule has 0 amide bonds. The fourth-order valence-corrected chi connectivity index (χ4v) is 5.09. The van der Waals surface area contributed by atoms with Gasteiger partial charge in [0.05, 0.1) is 18.3 Å². The fraction of sp³-hybridized carbons (Fsp3) is 0.609. The van der Waals surface area contributed by atoms with E-state index in [9.17, 15) is 4.79 Å². The smallest absolute Gasteiger partial charge is 0.331 e. The molecule has 4 aliphatic rings. The minimum Gasteiger partial charge on any atom is -0.458 e. The Morgan fingerprint density at radius 2 is 2.07 bits per heavy atom. The second-order valence-electron chi connectivity index (χ2n) is 8.91. The van der Waals surface area contributed by atoms with E-state index in [-0.39, 0.29) is 47.3 Å². The van der Waals surface area contributed by atoms with E-state index in [0.29, 0.717) is 6.42 Å². The highest BCUT2D eigenvalue weighted by molar-refractivity contribution is 5.82. The zero-order valence-electron chi connectivity index (χ0n) is 16.7. The van der Waals surface area contributed by atoms with Crippen LogP contribution in [0.5, 0.6) is 0 Å². The molecule has 27 heavy (non-hydrogen) atoms. The maximum absolute atomic E-state index is 12.4. The number of ether oxygens (including phenoxy) is 3. The molecule has 0 N–H and O–H groups in total. The normalized spacial score (nSPS) is 45.9. The number of carbonyl (C=O) groups excluding carboxylic acids is 1. The third-order valence-electron chi connectivity index (χ3n) is 7.39. The Hall–Kier alpha value is -1.65. The van der Waals surface area contributed by atoms with E-state index >= 15 is 0 Å². The molecule has 4 nitrogen and oxygen atoms in total. The molecule has 0 aromatic rings. The lowest BCUT2D eigenvalue weighted by Crippen LogP contribution is -2.56. The molecule has 3 fully saturated rings. The van der Waals surface area contributed by atoms with Gasteiger partial charge in [0.2, 0.25) is 0 Å². The largest absolute Gasteiger partial charge is 0.458 e. The number of fused-ring (bicyclic) bond motifs is 4. The molecule has 2 saturated heterocycles. The molecule has 2 aliphatic carbocycles. The summed E-state index contributed by atoms with van der Waals surface area (Å²) < 4.78 is 17.6. The highest BCUT2D eigenvalue weighted by atomic mass is 16.6. The Bertz CT molecular complexity index is 747. The SMILES string of the molecule is C=C1[C@H]2C[C@@H](OC(=O)/C=C\C=C\[C@H]3O[C@@H]3C)[C@]1(C)[C@@]1(C)CCC(C)=C[C@H]1O2. The Morgan fingerprint density at radius 1 is 1.33 bits per heavy atom. The van der Waals surface area contributed by atoms with Crippen molar-refractivity contribution in [3.63, 3.8) is 0 Å². The first kappa shape index (κ1) is 18.7. The van der Waals surface area contributed by atoms with E-state index in [4.69, 9.17) is 14.2 Å². The van der Waals surface area contributed by atoms with Gasteiger partial charge in [0.1, 0.15) is 12.2 Å². The number of hydrogen-bond acceptors (Lipinski definition) is 4. The summed E-state index contributed by atoms with van der Waals surface area (Å²) in [5.41, 5.74) is 2.08. The van der Waals surface area contributed by atoms with Crippen LogP contribution in [0.25, 0.3) is 0 Å². The number of allylic oxidation sites excluding steroid dienone is 3. The predicted molar refractivity (Wildman–Crippen MR) is 104 cm³/mol. The first-order valence-corrected chi connectivity index (χ1v) is 9.98. The highest BCUT2D eigenvalue weighted by Gasteiger charge is 2.66. The van der Waals surface area contributed by atoms with Gasteiger partial charge in [0, 0.05) is 23.3 Å². The van der Waals surface area contributed by atoms with E-state index < -0.39 is 0 Å². The standard InChI is InChI=1S/C23H30O4/c1-14-10-11-22(4)19(12-14)26-18-13-20(23(22,5)15(18)2)27-21(24)9-7-6-8-17-16(3)25-17/h6-9,12,16-20H,2,10-11,13H2,1,3-5H3/b8-6+,9-7-/t16-,17-,18-,19-,20-,22+,23-/m1/s1. The summed E-state index contributed by atoms with van der Waals surface area (Å²) in [6.45, 7) is 13.0. The Labute approximate surface area is 161 Å². The summed E-state index contributed by atoms with van der Waals surface area (Å²) in [7, 11) is 0. The number of esters is 1. The molecule has 0 radical (unpaired) electrons. The van der Waals surface area contributed by atoms with Crippen LogP contribution in [-0.4, -0.2) is 36.5 Å². The van der Waals surface area contributed by atoms with Crippen molar-refractivity contribution < 1.29 is 19.0 Å². The van der Waals surface area contributed by atoms with Crippen LogP contribution in [0.4, 0.5) is 0 Å². The third kappa shape index (κ3) is 2.94. The monoisotopic (exact) mass is 370 g/mol. The second-order valence-corrected chi connectivity index (χ2v) is 8.91. The number of hydrogen-bond donors (Lipinski definition) is 0. The number of carbonyl (C=O) groups is 1. The summed E-state index contributed by atoms with van der Waals surface area (Å²) in [6.07, 6.45) is 12.3. The van der Waals surface area contributed by atoms with Crippen LogP contribution in [0.15, 0.2) is 48.1 Å². The van der Waals surface area contributed by atoms with Crippen molar-refractivity contribution in [3.05, 3.63) is 48.1 Å². The van der Waals surface area contributed by atoms with Gasteiger partial charge in [-0.15, -0.1) is 0 Å². The molecule has 2 aliphatic heterocycles. The van der Waals surface area contributed by atoms with Gasteiger partial charge >= 0.3 is 5.97 Å². The zero-order chi connectivity index (χ0) is 19.4. The van der Waals surface area contributed by atoms with Gasteiger partial charge < -0.3 is 14.2 Å². The van der Waals surface area contributed by atoms with Gasteiger partial charge in [-0.3, -0.25) is 0 Å². The molecule has 4 heteroatoms. The molecule has 7 atom stereocenters. The molecule has 4 rings (SSSR count). The quantitative estimate of drug-likeness (QED) is 0.244. The highest BCUT2D eigenvalue weighted by Crippen LogP contribution is 2.64. The van der Waals surface area contributed by atoms with Crippen LogP contribution in [0, 0.1) is 10.8 Å². The van der Waals surface area contributed by atoms with Crippen LogP contribution >= 0.6 is 0 Å². The zero-order valence-corrected chi connectivity index (χ0v) is 16.7. The molecule has 2 heterocycles. The molecule has 2 bridgehead atoms. The molecule has 0 unspecified atom stereocenters. The van der Waals surface area contributed by atoms with Crippen molar-refractivity contribution in [2.24, 2.45) is 10.8 Å². The van der Waals surface area contributed by atoms with E-state index in [2.05, 4.69) is 33.4 Å². The third-order valence-corrected chi connectivity index (χ3v) is 7.39. The van der Waals surface area contributed by atoms with Gasteiger partial charge in [-0.25, -0.2) is 4.79 Å². The van der Waals surface area contributed by atoms with Crippen molar-refractivity contribution in [2.45, 2.75) is 77.5 Å². The number of epoxide rings is 1. The van der Waals surface area contributed by atoms with Crippen molar-refractivity contribution in [1.29, 1.82) is 0 Å². The molecule has 1 saturated carbocycles. The topological polar surface area (TPSA) is 48.1 Å². The summed E-state index contributed by atoms with van der Waals surface area (Å²) in [5, 5.41) is 0. The van der Waals surface area contributed by atoms with Gasteiger partial charge in [0.25, 0.3) is 0 Å². The van der Waals surface area contributed by atoms with Crippen LogP contribution in [-0.2, 0) is 19.0 Å². The maximum Gasteiger partial charge on any atom is 0.331 e. The number of rotatable bonds is 4. The Balaban J connectivity index is 1.49. The van der Waals surface area contributed by atoms with Crippen molar-refractivity contribution in [3.8, 4) is 0 Å². The van der Waals surface area contributed by atoms with Crippen molar-refractivity contribution in [1.82, 2.24) is 0 Å². The van der Waals surface area contributed by atoms with Crippen LogP contribution in [0.1, 0.15) is 47.0 Å². The lowest BCUT2D eigenvalue weighted by molar-refractivity contribution is -0.158. The summed E-state index contributed by atoms with van der Waals surface area (Å²) in [6, 6.07) is 0. The van der Waals surface area contributed by atoms with Crippen molar-refractivity contribution in [2.75, 3.05) is 0 Å². The van der Waals surface area contributed by atoms with Crippen LogP contribution < -0.4 is 0 Å². The first-order valence-electron chi connectivity index (χ1n) is 9.98. The molecule has 0 aromatic carbocycles. The fourth-order valence-electron chi connectivity index (χ4n) is 5.09. The average Bonchev–Trinajstić information content (AvgIpc) is 3.29. The summed E-state index contributed by atoms with van der Waals surface area (Å²) in [4.78, 5) is 12.4. The van der Waals surface area contributed by atoms with E-state index in [1.54, 1.807) is 6.08 Å². The minimum absolute atomic E-state index is 0.0367. The lowest BCUT2D eigenvalue weighted by atomic mass is 9.54. The van der Waals surface area contributed by atoms with Crippen molar-refractivity contribution >= 4 is 5.97 Å². The molecular formula is C23H30O4. The van der Waals surface area contributed by atoms with E-state index in [0.717, 1.165) is 18.4 Å². The molecule has 0 aromatic heterocycles. The molecule has 0 spiro atoms. The molecular weight excluding hydrogens is 340 g/mol. The van der Waals surface area contributed by atoms with Gasteiger partial charge in [-0.1, -0.05) is 50.3 Å². The van der Waals surface area contributed by atoms with Gasteiger partial charge in [0.15, 0.2) is 0 Å². The minimum atomic E-state index is -0.307. The average molecular weight is 370 g/mol. The Kier molecular flexibility index (Phi) is 4.47. The van der Waals surface area contributed by atoms with Crippen LogP contribution in [0.3, 0.4) is 0 Å². The summed E-state index contributed by atoms with van der Waals surface area (Å²) in [5.74, 6) is -0.307. The summed E-state index contributed by atoms with van der Waals surface area (Å²) >= 11 is 0. The lowest BCUT2D eigenvalue weighted by Gasteiger charge is -2.55. The maximum atomic E-state index is 12.4. The Morgan fingerprint density at radius 3 is 2.78 bits per heavy atom. The second kappa shape index (κ2) is 6.46. The predicted octanol–water partition coefficient (Wildman–Crippen LogP) is 4.28. The van der Waals surface area contributed by atoms with Gasteiger partial charge in [-0.05, 0) is 32.3 Å². The van der Waals surface area contributed by atoms with Gasteiger partial charge in [-0.2, -0.15) is 0 Å². The first-order chi connectivity index (χ1) is 12.8. The van der Waals surface area contributed by atoms with E-state index in [1.165, 1.54) is 11.6 Å². The van der Waals surface area contributed by atoms with Crippen LogP contribution in [0.2, 0.25) is 0 Å². The molecule has 146 valence electrons.